The average molecular weight is 378 g/mol. The topological polar surface area (TPSA) is 42.4 Å². The molecule has 1 amide bonds. The van der Waals surface area contributed by atoms with Crippen LogP contribution in [0.25, 0.3) is 11.3 Å². The average Bonchev–Trinajstić information content (AvgIpc) is 3.18. The molecular formula is C20H21F3N2O2. The summed E-state index contributed by atoms with van der Waals surface area (Å²) in [5, 5.41) is 0. The molecule has 3 rings (SSSR count). The molecule has 1 unspecified atom stereocenters. The van der Waals surface area contributed by atoms with Gasteiger partial charge in [-0.2, -0.15) is 13.2 Å². The van der Waals surface area contributed by atoms with Gasteiger partial charge in [-0.1, -0.05) is 12.1 Å². The molecule has 2 aromatic rings. The van der Waals surface area contributed by atoms with E-state index in [4.69, 9.17) is 4.74 Å². The van der Waals surface area contributed by atoms with Crippen molar-refractivity contribution in [2.45, 2.75) is 32.0 Å². The number of benzene rings is 1. The van der Waals surface area contributed by atoms with Gasteiger partial charge in [0.25, 0.3) is 5.91 Å². The van der Waals surface area contributed by atoms with E-state index in [1.807, 2.05) is 6.92 Å². The summed E-state index contributed by atoms with van der Waals surface area (Å²) in [6.45, 7) is 3.82. The van der Waals surface area contributed by atoms with Crippen LogP contribution >= 0.6 is 0 Å². The number of ether oxygens (including phenoxy) is 1. The highest BCUT2D eigenvalue weighted by Gasteiger charge is 2.30. The molecule has 7 heteroatoms. The molecule has 0 spiro atoms. The molecule has 1 aliphatic heterocycles. The number of carbonyl (C=O) groups is 1. The fraction of sp³-hybridized carbons (Fsp3) is 0.400. The van der Waals surface area contributed by atoms with Crippen molar-refractivity contribution in [3.8, 4) is 11.3 Å². The Labute approximate surface area is 156 Å². The van der Waals surface area contributed by atoms with Gasteiger partial charge in [0.05, 0.1) is 17.4 Å². The van der Waals surface area contributed by atoms with Crippen LogP contribution in [0.4, 0.5) is 13.2 Å². The highest BCUT2D eigenvalue weighted by molar-refractivity contribution is 5.94. The molecule has 1 aliphatic rings. The first kappa shape index (κ1) is 19.4. The Morgan fingerprint density at radius 3 is 2.48 bits per heavy atom. The van der Waals surface area contributed by atoms with Crippen molar-refractivity contribution in [1.82, 2.24) is 9.88 Å². The lowest BCUT2D eigenvalue weighted by molar-refractivity contribution is -0.137. The molecule has 1 atom stereocenters. The van der Waals surface area contributed by atoms with Gasteiger partial charge in [-0.25, -0.2) is 0 Å². The molecule has 1 saturated heterocycles. The molecule has 0 saturated carbocycles. The van der Waals surface area contributed by atoms with E-state index in [1.54, 1.807) is 29.2 Å². The number of nitrogens with zero attached hydrogens (tertiary/aromatic N) is 2. The van der Waals surface area contributed by atoms with Crippen LogP contribution in [0.1, 0.15) is 35.7 Å². The zero-order chi connectivity index (χ0) is 19.4. The second-order valence-corrected chi connectivity index (χ2v) is 6.49. The van der Waals surface area contributed by atoms with E-state index in [9.17, 15) is 18.0 Å². The second-order valence-electron chi connectivity index (χ2n) is 6.49. The van der Waals surface area contributed by atoms with Crippen LogP contribution in [-0.2, 0) is 10.9 Å². The minimum atomic E-state index is -4.41. The highest BCUT2D eigenvalue weighted by Crippen LogP contribution is 2.29. The molecule has 144 valence electrons. The zero-order valence-corrected chi connectivity index (χ0v) is 15.0. The standard InChI is InChI=1S/C20H21F3N2O2/c1-2-25(13-17-4-3-11-27-17)19(26)15-7-5-14(6-8-15)18-10-9-16(12-24-18)20(21,22)23/h5-10,12,17H,2-4,11,13H2,1H3. The fourth-order valence-electron chi connectivity index (χ4n) is 3.09. The molecule has 0 bridgehead atoms. The van der Waals surface area contributed by atoms with Crippen molar-refractivity contribution in [1.29, 1.82) is 0 Å². The van der Waals surface area contributed by atoms with Gasteiger partial charge in [-0.05, 0) is 44.0 Å². The molecule has 0 aliphatic carbocycles. The largest absolute Gasteiger partial charge is 0.417 e. The summed E-state index contributed by atoms with van der Waals surface area (Å²) < 4.78 is 43.5. The van der Waals surface area contributed by atoms with E-state index in [2.05, 4.69) is 4.98 Å². The van der Waals surface area contributed by atoms with Crippen LogP contribution in [0.2, 0.25) is 0 Å². The summed E-state index contributed by atoms with van der Waals surface area (Å²) in [7, 11) is 0. The zero-order valence-electron chi connectivity index (χ0n) is 15.0. The van der Waals surface area contributed by atoms with Crippen molar-refractivity contribution in [2.24, 2.45) is 0 Å². The van der Waals surface area contributed by atoms with Gasteiger partial charge in [0.1, 0.15) is 0 Å². The summed E-state index contributed by atoms with van der Waals surface area (Å²) >= 11 is 0. The van der Waals surface area contributed by atoms with Crippen LogP contribution in [0, 0.1) is 0 Å². The first-order valence-corrected chi connectivity index (χ1v) is 8.93. The molecule has 0 radical (unpaired) electrons. The lowest BCUT2D eigenvalue weighted by atomic mass is 10.1. The van der Waals surface area contributed by atoms with E-state index < -0.39 is 11.7 Å². The van der Waals surface area contributed by atoms with Crippen LogP contribution in [0.15, 0.2) is 42.6 Å². The highest BCUT2D eigenvalue weighted by atomic mass is 19.4. The molecule has 1 aromatic carbocycles. The maximum Gasteiger partial charge on any atom is 0.417 e. The van der Waals surface area contributed by atoms with E-state index in [0.29, 0.717) is 29.9 Å². The molecule has 27 heavy (non-hydrogen) atoms. The molecule has 2 heterocycles. The Balaban J connectivity index is 1.71. The molecule has 4 nitrogen and oxygen atoms in total. The Kier molecular flexibility index (Phi) is 5.79. The Morgan fingerprint density at radius 1 is 1.22 bits per heavy atom. The normalized spacial score (nSPS) is 17.1. The third kappa shape index (κ3) is 4.66. The van der Waals surface area contributed by atoms with Gasteiger partial charge in [0.15, 0.2) is 0 Å². The predicted octanol–water partition coefficient (Wildman–Crippen LogP) is 4.41. The summed E-state index contributed by atoms with van der Waals surface area (Å²) in [4.78, 5) is 18.3. The van der Waals surface area contributed by atoms with E-state index in [-0.39, 0.29) is 12.0 Å². The SMILES string of the molecule is CCN(CC1CCCO1)C(=O)c1ccc(-c2ccc(C(F)(F)F)cn2)cc1. The Hall–Kier alpha value is -2.41. The number of likely N-dealkylation sites (N-methyl/N-ethyl adjacent to an activating group) is 1. The van der Waals surface area contributed by atoms with Crippen LogP contribution < -0.4 is 0 Å². The monoisotopic (exact) mass is 378 g/mol. The minimum Gasteiger partial charge on any atom is -0.376 e. The lowest BCUT2D eigenvalue weighted by Crippen LogP contribution is -2.37. The molecular weight excluding hydrogens is 357 g/mol. The summed E-state index contributed by atoms with van der Waals surface area (Å²) in [6.07, 6.45) is -1.53. The predicted molar refractivity (Wildman–Crippen MR) is 95.2 cm³/mol. The van der Waals surface area contributed by atoms with Gasteiger partial charge in [0, 0.05) is 37.0 Å². The van der Waals surface area contributed by atoms with Gasteiger partial charge < -0.3 is 9.64 Å². The summed E-state index contributed by atoms with van der Waals surface area (Å²) in [5.74, 6) is -0.0834. The van der Waals surface area contributed by atoms with Gasteiger partial charge >= 0.3 is 6.18 Å². The Bertz CT molecular complexity index is 767. The number of amides is 1. The van der Waals surface area contributed by atoms with Crippen LogP contribution in [0.5, 0.6) is 0 Å². The smallest absolute Gasteiger partial charge is 0.376 e. The molecule has 1 aromatic heterocycles. The number of hydrogen-bond acceptors (Lipinski definition) is 3. The van der Waals surface area contributed by atoms with Gasteiger partial charge in [0.2, 0.25) is 0 Å². The Morgan fingerprint density at radius 2 is 1.96 bits per heavy atom. The number of rotatable bonds is 5. The third-order valence-corrected chi connectivity index (χ3v) is 4.64. The van der Waals surface area contributed by atoms with Crippen molar-refractivity contribution < 1.29 is 22.7 Å². The number of hydrogen-bond donors (Lipinski definition) is 0. The number of pyridine rings is 1. The number of halogens is 3. The van der Waals surface area contributed by atoms with Gasteiger partial charge in [-0.3, -0.25) is 9.78 Å². The van der Waals surface area contributed by atoms with Crippen LogP contribution in [-0.4, -0.2) is 41.6 Å². The first-order valence-electron chi connectivity index (χ1n) is 8.93. The van der Waals surface area contributed by atoms with Crippen molar-refractivity contribution in [3.05, 3.63) is 53.7 Å². The van der Waals surface area contributed by atoms with E-state index in [0.717, 1.165) is 31.7 Å². The first-order chi connectivity index (χ1) is 12.9. The number of aromatic nitrogens is 1. The molecule has 1 fully saturated rings. The van der Waals surface area contributed by atoms with Crippen LogP contribution in [0.3, 0.4) is 0 Å². The maximum atomic E-state index is 12.7. The summed E-state index contributed by atoms with van der Waals surface area (Å²) in [5.41, 5.74) is 0.826. The lowest BCUT2D eigenvalue weighted by Gasteiger charge is -2.24. The maximum absolute atomic E-state index is 12.7. The number of carbonyl (C=O) groups excluding carboxylic acids is 1. The van der Waals surface area contributed by atoms with Gasteiger partial charge in [-0.15, -0.1) is 0 Å². The van der Waals surface area contributed by atoms with E-state index >= 15 is 0 Å². The summed E-state index contributed by atoms with van der Waals surface area (Å²) in [6, 6.07) is 9.08. The van der Waals surface area contributed by atoms with Crippen molar-refractivity contribution in [3.63, 3.8) is 0 Å². The fourth-order valence-corrected chi connectivity index (χ4v) is 3.09. The number of alkyl halides is 3. The minimum absolute atomic E-state index is 0.0834. The van der Waals surface area contributed by atoms with Crippen molar-refractivity contribution in [2.75, 3.05) is 19.7 Å². The van der Waals surface area contributed by atoms with Crippen molar-refractivity contribution >= 4 is 5.91 Å². The third-order valence-electron chi connectivity index (χ3n) is 4.64. The quantitative estimate of drug-likeness (QED) is 0.774. The van der Waals surface area contributed by atoms with E-state index in [1.165, 1.54) is 6.07 Å². The molecule has 0 N–H and O–H groups in total. The second kappa shape index (κ2) is 8.08.